The number of carbonyl (C=O) groups excluding carboxylic acids is 1. The number of carbonyl (C=O) groups is 1. The summed E-state index contributed by atoms with van der Waals surface area (Å²) < 4.78 is 15.5. The van der Waals surface area contributed by atoms with Crippen LogP contribution in [0.25, 0.3) is 11.0 Å². The van der Waals surface area contributed by atoms with Gasteiger partial charge in [0.05, 0.1) is 19.6 Å². The summed E-state index contributed by atoms with van der Waals surface area (Å²) in [5, 5.41) is 7.13. The highest BCUT2D eigenvalue weighted by molar-refractivity contribution is 6.02. The molecule has 1 aromatic carbocycles. The Balaban J connectivity index is 1.74. The third-order valence-corrected chi connectivity index (χ3v) is 3.36. The van der Waals surface area contributed by atoms with Crippen molar-refractivity contribution in [3.8, 4) is 11.5 Å². The first-order valence-corrected chi connectivity index (χ1v) is 6.92. The van der Waals surface area contributed by atoms with Gasteiger partial charge < -0.3 is 19.3 Å². The van der Waals surface area contributed by atoms with E-state index in [2.05, 4.69) is 15.5 Å². The average molecular weight is 313 g/mol. The van der Waals surface area contributed by atoms with Crippen molar-refractivity contribution >= 4 is 16.9 Å². The molecule has 0 saturated carbocycles. The van der Waals surface area contributed by atoms with Crippen molar-refractivity contribution in [1.82, 2.24) is 15.5 Å². The number of nitrogens with zero attached hydrogens (tertiary/aromatic N) is 2. The van der Waals surface area contributed by atoms with Gasteiger partial charge in [-0.1, -0.05) is 11.2 Å². The van der Waals surface area contributed by atoms with Crippen molar-refractivity contribution in [2.24, 2.45) is 0 Å². The predicted octanol–water partition coefficient (Wildman–Crippen LogP) is 2.17. The fourth-order valence-corrected chi connectivity index (χ4v) is 2.20. The molecule has 0 aliphatic carbocycles. The van der Waals surface area contributed by atoms with Crippen LogP contribution in [0.5, 0.6) is 11.5 Å². The molecular formula is C16H15N3O4. The lowest BCUT2D eigenvalue weighted by atomic mass is 10.2. The molecule has 0 unspecified atom stereocenters. The summed E-state index contributed by atoms with van der Waals surface area (Å²) in [5.41, 5.74) is 1.28. The van der Waals surface area contributed by atoms with Crippen LogP contribution >= 0.6 is 0 Å². The maximum Gasteiger partial charge on any atom is 0.290 e. The predicted molar refractivity (Wildman–Crippen MR) is 82.5 cm³/mol. The third-order valence-electron chi connectivity index (χ3n) is 3.36. The summed E-state index contributed by atoms with van der Waals surface area (Å²) in [4.78, 5) is 16.3. The number of amides is 1. The standard InChI is InChI=1S/C16H15N3O4/c1-21-12-6-5-10(8-13(12)22-2)9-18-16(20)14-11-4-3-7-17-15(11)19-23-14/h3-8H,9H2,1-2H3,(H,18,20). The minimum absolute atomic E-state index is 0.147. The van der Waals surface area contributed by atoms with Gasteiger partial charge in [-0.25, -0.2) is 4.98 Å². The van der Waals surface area contributed by atoms with Crippen molar-refractivity contribution < 1.29 is 18.8 Å². The number of pyridine rings is 1. The lowest BCUT2D eigenvalue weighted by Crippen LogP contribution is -2.22. The molecule has 1 amide bonds. The van der Waals surface area contributed by atoms with Gasteiger partial charge in [-0.2, -0.15) is 0 Å². The molecule has 0 fully saturated rings. The summed E-state index contributed by atoms with van der Waals surface area (Å²) >= 11 is 0. The van der Waals surface area contributed by atoms with E-state index in [4.69, 9.17) is 14.0 Å². The zero-order valence-corrected chi connectivity index (χ0v) is 12.7. The van der Waals surface area contributed by atoms with Crippen LogP contribution in [0.3, 0.4) is 0 Å². The molecule has 23 heavy (non-hydrogen) atoms. The molecule has 0 aliphatic heterocycles. The van der Waals surface area contributed by atoms with E-state index >= 15 is 0 Å². The van der Waals surface area contributed by atoms with Gasteiger partial charge in [0.2, 0.25) is 11.4 Å². The van der Waals surface area contributed by atoms with Gasteiger partial charge in [0.25, 0.3) is 5.91 Å². The van der Waals surface area contributed by atoms with E-state index in [-0.39, 0.29) is 11.7 Å². The van der Waals surface area contributed by atoms with Crippen molar-refractivity contribution in [2.75, 3.05) is 14.2 Å². The van der Waals surface area contributed by atoms with E-state index in [9.17, 15) is 4.79 Å². The number of benzene rings is 1. The van der Waals surface area contributed by atoms with Crippen LogP contribution in [0.4, 0.5) is 0 Å². The Morgan fingerprint density at radius 2 is 2.04 bits per heavy atom. The number of hydrogen-bond acceptors (Lipinski definition) is 6. The van der Waals surface area contributed by atoms with Crippen LogP contribution in [0.2, 0.25) is 0 Å². The maximum atomic E-state index is 12.2. The fraction of sp³-hybridized carbons (Fsp3) is 0.188. The molecule has 7 heteroatoms. The molecule has 7 nitrogen and oxygen atoms in total. The Kier molecular flexibility index (Phi) is 4.09. The van der Waals surface area contributed by atoms with E-state index in [1.54, 1.807) is 44.7 Å². The number of rotatable bonds is 5. The summed E-state index contributed by atoms with van der Waals surface area (Å²) in [5.74, 6) is 1.03. The largest absolute Gasteiger partial charge is 0.493 e. The van der Waals surface area contributed by atoms with Crippen LogP contribution in [0.15, 0.2) is 41.1 Å². The maximum absolute atomic E-state index is 12.2. The molecule has 0 spiro atoms. The highest BCUT2D eigenvalue weighted by Crippen LogP contribution is 2.27. The number of nitrogens with one attached hydrogen (secondary N) is 1. The number of fused-ring (bicyclic) bond motifs is 1. The normalized spacial score (nSPS) is 10.5. The summed E-state index contributed by atoms with van der Waals surface area (Å²) in [6.45, 7) is 0.321. The Bertz CT molecular complexity index is 844. The summed E-state index contributed by atoms with van der Waals surface area (Å²) in [6, 6.07) is 8.91. The topological polar surface area (TPSA) is 86.5 Å². The van der Waals surface area contributed by atoms with E-state index in [1.807, 2.05) is 6.07 Å². The smallest absolute Gasteiger partial charge is 0.290 e. The van der Waals surface area contributed by atoms with Gasteiger partial charge in [-0.15, -0.1) is 0 Å². The van der Waals surface area contributed by atoms with Crippen LogP contribution in [-0.4, -0.2) is 30.3 Å². The Hall–Kier alpha value is -3.09. The van der Waals surface area contributed by atoms with Gasteiger partial charge in [0, 0.05) is 12.7 Å². The highest BCUT2D eigenvalue weighted by atomic mass is 16.5. The van der Waals surface area contributed by atoms with Gasteiger partial charge in [-0.05, 0) is 29.8 Å². The van der Waals surface area contributed by atoms with Crippen LogP contribution < -0.4 is 14.8 Å². The van der Waals surface area contributed by atoms with Gasteiger partial charge in [-0.3, -0.25) is 4.79 Å². The molecule has 2 aromatic heterocycles. The van der Waals surface area contributed by atoms with Crippen LogP contribution in [0, 0.1) is 0 Å². The van der Waals surface area contributed by atoms with E-state index in [1.165, 1.54) is 0 Å². The van der Waals surface area contributed by atoms with Gasteiger partial charge in [0.1, 0.15) is 0 Å². The number of hydrogen-bond donors (Lipinski definition) is 1. The monoisotopic (exact) mass is 313 g/mol. The zero-order chi connectivity index (χ0) is 16.2. The van der Waals surface area contributed by atoms with Gasteiger partial charge >= 0.3 is 0 Å². The van der Waals surface area contributed by atoms with Crippen LogP contribution in [-0.2, 0) is 6.54 Å². The minimum Gasteiger partial charge on any atom is -0.493 e. The second kappa shape index (κ2) is 6.35. The quantitative estimate of drug-likeness (QED) is 0.777. The number of aromatic nitrogens is 2. The molecule has 2 heterocycles. The summed E-state index contributed by atoms with van der Waals surface area (Å²) in [6.07, 6.45) is 1.59. The first-order valence-electron chi connectivity index (χ1n) is 6.92. The molecule has 3 aromatic rings. The highest BCUT2D eigenvalue weighted by Gasteiger charge is 2.16. The Morgan fingerprint density at radius 1 is 1.22 bits per heavy atom. The SMILES string of the molecule is COc1ccc(CNC(=O)c2onc3ncccc23)cc1OC. The lowest BCUT2D eigenvalue weighted by molar-refractivity contribution is 0.0916. The molecule has 0 aliphatic rings. The third kappa shape index (κ3) is 2.94. The molecule has 0 saturated heterocycles. The molecule has 0 atom stereocenters. The van der Waals surface area contributed by atoms with E-state index < -0.39 is 0 Å². The van der Waals surface area contributed by atoms with Crippen molar-refractivity contribution in [2.45, 2.75) is 6.54 Å². The molecule has 0 radical (unpaired) electrons. The zero-order valence-electron chi connectivity index (χ0n) is 12.7. The Morgan fingerprint density at radius 3 is 2.83 bits per heavy atom. The van der Waals surface area contributed by atoms with Gasteiger partial charge in [0.15, 0.2) is 11.5 Å². The fourth-order valence-electron chi connectivity index (χ4n) is 2.20. The first-order chi connectivity index (χ1) is 11.2. The lowest BCUT2D eigenvalue weighted by Gasteiger charge is -2.09. The van der Waals surface area contributed by atoms with Crippen LogP contribution in [0.1, 0.15) is 16.1 Å². The molecule has 1 N–H and O–H groups in total. The van der Waals surface area contributed by atoms with Crippen molar-refractivity contribution in [3.63, 3.8) is 0 Å². The number of ether oxygens (including phenoxy) is 2. The number of methoxy groups -OCH3 is 2. The van der Waals surface area contributed by atoms with Crippen molar-refractivity contribution in [3.05, 3.63) is 47.9 Å². The van der Waals surface area contributed by atoms with E-state index in [0.717, 1.165) is 5.56 Å². The molecule has 118 valence electrons. The van der Waals surface area contributed by atoms with Crippen molar-refractivity contribution in [1.29, 1.82) is 0 Å². The molecular weight excluding hydrogens is 298 g/mol. The minimum atomic E-state index is -0.352. The molecule has 3 rings (SSSR count). The van der Waals surface area contributed by atoms with E-state index in [0.29, 0.717) is 29.1 Å². The Labute approximate surface area is 132 Å². The summed E-state index contributed by atoms with van der Waals surface area (Å²) in [7, 11) is 3.14. The first kappa shape index (κ1) is 14.8. The molecule has 0 bridgehead atoms. The average Bonchev–Trinajstić information content (AvgIpc) is 3.03. The second-order valence-electron chi connectivity index (χ2n) is 4.76. The second-order valence-corrected chi connectivity index (χ2v) is 4.76.